The number of thiophene rings is 1. The zero-order valence-corrected chi connectivity index (χ0v) is 19.2. The van der Waals surface area contributed by atoms with Crippen molar-refractivity contribution in [1.82, 2.24) is 19.8 Å². The molecule has 0 spiro atoms. The summed E-state index contributed by atoms with van der Waals surface area (Å²) in [5.41, 5.74) is 3.10. The fraction of sp³-hybridized carbons (Fsp3) is 0.526. The maximum atomic E-state index is 12.6. The highest BCUT2D eigenvalue weighted by molar-refractivity contribution is 9.11. The predicted molar refractivity (Wildman–Crippen MR) is 115 cm³/mol. The molecule has 0 aromatic carbocycles. The first kappa shape index (κ1) is 20.8. The number of hydrogen-bond acceptors (Lipinski definition) is 6. The maximum Gasteiger partial charge on any atom is 0.222 e. The van der Waals surface area contributed by atoms with Crippen LogP contribution in [-0.4, -0.2) is 58.1 Å². The molecule has 0 N–H and O–H groups in total. The summed E-state index contributed by atoms with van der Waals surface area (Å²) in [6.07, 6.45) is 3.23. The lowest BCUT2D eigenvalue weighted by atomic mass is 10.1. The Kier molecular flexibility index (Phi) is 7.30. The van der Waals surface area contributed by atoms with E-state index in [4.69, 9.17) is 0 Å². The van der Waals surface area contributed by atoms with Crippen molar-refractivity contribution < 1.29 is 4.79 Å². The fourth-order valence-electron chi connectivity index (χ4n) is 3.36. The third kappa shape index (κ3) is 5.53. The first-order chi connectivity index (χ1) is 13.0. The van der Waals surface area contributed by atoms with Crippen LogP contribution >= 0.6 is 39.0 Å². The van der Waals surface area contributed by atoms with Crippen LogP contribution in [0.15, 0.2) is 21.1 Å². The summed E-state index contributed by atoms with van der Waals surface area (Å²) in [6, 6.07) is 4.26. The summed E-state index contributed by atoms with van der Waals surface area (Å²) in [5.74, 6) is 0.237. The van der Waals surface area contributed by atoms with E-state index in [1.54, 1.807) is 23.1 Å². The fourth-order valence-corrected chi connectivity index (χ4v) is 5.35. The monoisotopic (exact) mass is 468 g/mol. The van der Waals surface area contributed by atoms with Crippen molar-refractivity contribution in [3.05, 3.63) is 37.7 Å². The summed E-state index contributed by atoms with van der Waals surface area (Å²) in [5, 5.41) is 0.800. The average Bonchev–Trinajstić information content (AvgIpc) is 3.06. The molecule has 2 aromatic rings. The molecule has 1 fully saturated rings. The third-order valence-electron chi connectivity index (χ3n) is 4.90. The van der Waals surface area contributed by atoms with E-state index in [2.05, 4.69) is 42.9 Å². The van der Waals surface area contributed by atoms with Gasteiger partial charge in [-0.25, -0.2) is 9.97 Å². The van der Waals surface area contributed by atoms with E-state index in [1.165, 1.54) is 8.66 Å². The van der Waals surface area contributed by atoms with Gasteiger partial charge in [-0.3, -0.25) is 9.69 Å². The number of amides is 1. The lowest BCUT2D eigenvalue weighted by molar-refractivity contribution is -0.132. The normalized spacial score (nSPS) is 15.3. The highest BCUT2D eigenvalue weighted by Gasteiger charge is 2.22. The summed E-state index contributed by atoms with van der Waals surface area (Å²) in [6.45, 7) is 8.48. The third-order valence-corrected chi connectivity index (χ3v) is 7.06. The summed E-state index contributed by atoms with van der Waals surface area (Å²) < 4.78 is 1.17. The van der Waals surface area contributed by atoms with Gasteiger partial charge >= 0.3 is 0 Å². The maximum absolute atomic E-state index is 12.6. The molecule has 1 amide bonds. The van der Waals surface area contributed by atoms with Crippen LogP contribution in [0.2, 0.25) is 0 Å². The molecule has 27 heavy (non-hydrogen) atoms. The van der Waals surface area contributed by atoms with E-state index in [0.29, 0.717) is 12.8 Å². The molecule has 5 nitrogen and oxygen atoms in total. The highest BCUT2D eigenvalue weighted by atomic mass is 79.9. The molecule has 2 aromatic heterocycles. The minimum absolute atomic E-state index is 0.237. The first-order valence-electron chi connectivity index (χ1n) is 9.08. The second kappa shape index (κ2) is 9.49. The smallest absolute Gasteiger partial charge is 0.222 e. The van der Waals surface area contributed by atoms with Gasteiger partial charge in [0.05, 0.1) is 3.79 Å². The van der Waals surface area contributed by atoms with Gasteiger partial charge in [-0.05, 0) is 60.2 Å². The molecule has 1 aliphatic heterocycles. The Morgan fingerprint density at radius 3 is 2.41 bits per heavy atom. The van der Waals surface area contributed by atoms with Gasteiger partial charge in [0, 0.05) is 55.4 Å². The number of halogens is 1. The number of hydrogen-bond donors (Lipinski definition) is 0. The van der Waals surface area contributed by atoms with Crippen LogP contribution in [0, 0.1) is 13.8 Å². The van der Waals surface area contributed by atoms with Crippen molar-refractivity contribution in [3.8, 4) is 0 Å². The Labute approximate surface area is 177 Å². The van der Waals surface area contributed by atoms with Gasteiger partial charge in [0.2, 0.25) is 5.91 Å². The van der Waals surface area contributed by atoms with Crippen LogP contribution < -0.4 is 0 Å². The molecular weight excluding hydrogens is 444 g/mol. The zero-order chi connectivity index (χ0) is 19.4. The molecule has 0 bridgehead atoms. The Morgan fingerprint density at radius 1 is 1.19 bits per heavy atom. The van der Waals surface area contributed by atoms with E-state index in [-0.39, 0.29) is 5.91 Å². The first-order valence-corrected chi connectivity index (χ1v) is 11.9. The predicted octanol–water partition coefficient (Wildman–Crippen LogP) is 3.92. The lowest BCUT2D eigenvalue weighted by Crippen LogP contribution is -2.48. The Bertz CT molecular complexity index is 780. The van der Waals surface area contributed by atoms with Crippen molar-refractivity contribution >= 4 is 44.9 Å². The van der Waals surface area contributed by atoms with Crippen LogP contribution in [0.4, 0.5) is 0 Å². The van der Waals surface area contributed by atoms with Crippen LogP contribution in [0.1, 0.15) is 28.2 Å². The van der Waals surface area contributed by atoms with E-state index < -0.39 is 0 Å². The standard InChI is InChI=1S/C19H25BrN4OS2/c1-13-16(14(2)22-19(21-13)26-3)5-7-18(25)24-10-8-23(9-11-24)12-15-4-6-17(20)27-15/h4,6H,5,7-12H2,1-3H3. The van der Waals surface area contributed by atoms with Crippen LogP contribution in [0.5, 0.6) is 0 Å². The molecule has 8 heteroatoms. The van der Waals surface area contributed by atoms with Crippen molar-refractivity contribution in [2.75, 3.05) is 32.4 Å². The van der Waals surface area contributed by atoms with Crippen molar-refractivity contribution in [2.24, 2.45) is 0 Å². The highest BCUT2D eigenvalue weighted by Crippen LogP contribution is 2.24. The second-order valence-electron chi connectivity index (χ2n) is 6.72. The second-order valence-corrected chi connectivity index (χ2v) is 10.0. The number of thioether (sulfide) groups is 1. The molecule has 3 heterocycles. The minimum Gasteiger partial charge on any atom is -0.340 e. The van der Waals surface area contributed by atoms with Crippen molar-refractivity contribution in [2.45, 2.75) is 38.4 Å². The zero-order valence-electron chi connectivity index (χ0n) is 16.0. The van der Waals surface area contributed by atoms with E-state index in [1.807, 2.05) is 25.0 Å². The number of carbonyl (C=O) groups excluding carboxylic acids is 1. The van der Waals surface area contributed by atoms with Gasteiger partial charge in [0.25, 0.3) is 0 Å². The average molecular weight is 469 g/mol. The largest absolute Gasteiger partial charge is 0.340 e. The molecule has 0 atom stereocenters. The number of nitrogens with zero attached hydrogens (tertiary/aromatic N) is 4. The minimum atomic E-state index is 0.237. The van der Waals surface area contributed by atoms with Gasteiger partial charge < -0.3 is 4.90 Å². The van der Waals surface area contributed by atoms with Crippen LogP contribution in [0.3, 0.4) is 0 Å². The summed E-state index contributed by atoms with van der Waals surface area (Å²) >= 11 is 6.85. The summed E-state index contributed by atoms with van der Waals surface area (Å²) in [4.78, 5) is 27.5. The quantitative estimate of drug-likeness (QED) is 0.474. The number of aryl methyl sites for hydroxylation is 2. The van der Waals surface area contributed by atoms with E-state index in [0.717, 1.165) is 54.8 Å². The van der Waals surface area contributed by atoms with Crippen LogP contribution in [-0.2, 0) is 17.8 Å². The van der Waals surface area contributed by atoms with E-state index in [9.17, 15) is 4.79 Å². The van der Waals surface area contributed by atoms with Crippen molar-refractivity contribution in [3.63, 3.8) is 0 Å². The van der Waals surface area contributed by atoms with Gasteiger partial charge in [-0.15, -0.1) is 11.3 Å². The topological polar surface area (TPSA) is 49.3 Å². The summed E-state index contributed by atoms with van der Waals surface area (Å²) in [7, 11) is 0. The van der Waals surface area contributed by atoms with Gasteiger partial charge in [0.15, 0.2) is 5.16 Å². The van der Waals surface area contributed by atoms with Crippen molar-refractivity contribution in [1.29, 1.82) is 0 Å². The number of aromatic nitrogens is 2. The Balaban J connectivity index is 1.48. The SMILES string of the molecule is CSc1nc(C)c(CCC(=O)N2CCN(Cc3ccc(Br)s3)CC2)c(C)n1. The molecular formula is C19H25BrN4OS2. The molecule has 0 saturated carbocycles. The van der Waals surface area contributed by atoms with E-state index >= 15 is 0 Å². The van der Waals surface area contributed by atoms with Gasteiger partial charge in [-0.1, -0.05) is 11.8 Å². The Hall–Kier alpha value is -0.960. The molecule has 1 aliphatic rings. The molecule has 146 valence electrons. The molecule has 0 unspecified atom stereocenters. The molecule has 3 rings (SSSR count). The lowest BCUT2D eigenvalue weighted by Gasteiger charge is -2.34. The van der Waals surface area contributed by atoms with Gasteiger partial charge in [0.1, 0.15) is 0 Å². The Morgan fingerprint density at radius 2 is 1.85 bits per heavy atom. The van der Waals surface area contributed by atoms with Gasteiger partial charge in [-0.2, -0.15) is 0 Å². The number of rotatable bonds is 6. The molecule has 1 saturated heterocycles. The van der Waals surface area contributed by atoms with Crippen LogP contribution in [0.25, 0.3) is 0 Å². The number of piperazine rings is 1. The molecule has 0 aliphatic carbocycles. The number of carbonyl (C=O) groups is 1. The molecule has 0 radical (unpaired) electrons.